The quantitative estimate of drug-likeness (QED) is 0.693. The molecule has 0 atom stereocenters. The summed E-state index contributed by atoms with van der Waals surface area (Å²) in [6.07, 6.45) is 7.96. The number of carbonyl (C=O) groups excluding carboxylic acids is 1. The van der Waals surface area contributed by atoms with Gasteiger partial charge in [-0.1, -0.05) is 51.7 Å². The van der Waals surface area contributed by atoms with Crippen LogP contribution in [-0.4, -0.2) is 5.78 Å². The molecule has 0 saturated heterocycles. The lowest BCUT2D eigenvalue weighted by atomic mass is 9.93. The molecule has 0 heterocycles. The van der Waals surface area contributed by atoms with E-state index in [-0.39, 0.29) is 0 Å². The Morgan fingerprint density at radius 1 is 1.11 bits per heavy atom. The Labute approximate surface area is 111 Å². The van der Waals surface area contributed by atoms with E-state index in [9.17, 15) is 4.79 Å². The third-order valence-electron chi connectivity index (χ3n) is 4.24. The Hall–Kier alpha value is -1.11. The molecule has 98 valence electrons. The highest BCUT2D eigenvalue weighted by atomic mass is 16.1. The monoisotopic (exact) mass is 244 g/mol. The summed E-state index contributed by atoms with van der Waals surface area (Å²) in [7, 11) is 0. The molecule has 1 aromatic carbocycles. The van der Waals surface area contributed by atoms with Gasteiger partial charge in [-0.05, 0) is 36.0 Å². The Kier molecular flexibility index (Phi) is 4.57. The van der Waals surface area contributed by atoms with Gasteiger partial charge in [-0.25, -0.2) is 0 Å². The molecule has 1 heteroatoms. The molecule has 18 heavy (non-hydrogen) atoms. The maximum Gasteiger partial charge on any atom is 0.163 e. The highest BCUT2D eigenvalue weighted by Crippen LogP contribution is 2.29. The first-order valence-electron chi connectivity index (χ1n) is 7.39. The Morgan fingerprint density at radius 2 is 1.78 bits per heavy atom. The average molecular weight is 244 g/mol. The summed E-state index contributed by atoms with van der Waals surface area (Å²) in [6, 6.07) is 6.28. The van der Waals surface area contributed by atoms with E-state index in [1.54, 1.807) is 0 Å². The van der Waals surface area contributed by atoms with Gasteiger partial charge in [0.15, 0.2) is 5.78 Å². The molecule has 0 radical (unpaired) electrons. The summed E-state index contributed by atoms with van der Waals surface area (Å²) < 4.78 is 0. The zero-order chi connectivity index (χ0) is 13.0. The fourth-order valence-electron chi connectivity index (χ4n) is 3.07. The summed E-state index contributed by atoms with van der Waals surface area (Å²) in [5.41, 5.74) is 3.65. The summed E-state index contributed by atoms with van der Waals surface area (Å²) in [6.45, 7) is 4.34. The lowest BCUT2D eigenvalue weighted by Gasteiger charge is -2.11. The number of hydrogen-bond acceptors (Lipinski definition) is 1. The molecule has 1 nitrogen and oxygen atoms in total. The van der Waals surface area contributed by atoms with Crippen molar-refractivity contribution in [3.8, 4) is 0 Å². The van der Waals surface area contributed by atoms with Gasteiger partial charge in [0.25, 0.3) is 0 Å². The first kappa shape index (κ1) is 13.3. The molecule has 2 rings (SSSR count). The lowest BCUT2D eigenvalue weighted by Crippen LogP contribution is -2.07. The molecule has 0 N–H and O–H groups in total. The molecular formula is C17H24O. The third-order valence-corrected chi connectivity index (χ3v) is 4.24. The summed E-state index contributed by atoms with van der Waals surface area (Å²) in [5, 5.41) is 0. The fraction of sp³-hybridized carbons (Fsp3) is 0.588. The second-order valence-corrected chi connectivity index (χ2v) is 5.47. The molecule has 1 fully saturated rings. The number of carbonyl (C=O) groups is 1. The highest BCUT2D eigenvalue weighted by molar-refractivity contribution is 5.96. The van der Waals surface area contributed by atoms with Crippen molar-refractivity contribution < 1.29 is 4.79 Å². The van der Waals surface area contributed by atoms with E-state index in [2.05, 4.69) is 26.0 Å². The highest BCUT2D eigenvalue weighted by Gasteiger charge is 2.19. The van der Waals surface area contributed by atoms with Gasteiger partial charge in [0.05, 0.1) is 0 Å². The van der Waals surface area contributed by atoms with Gasteiger partial charge in [-0.15, -0.1) is 0 Å². The van der Waals surface area contributed by atoms with E-state index in [1.807, 2.05) is 6.07 Å². The van der Waals surface area contributed by atoms with Gasteiger partial charge in [0.2, 0.25) is 0 Å². The van der Waals surface area contributed by atoms with Crippen LogP contribution in [0.3, 0.4) is 0 Å². The largest absolute Gasteiger partial charge is 0.294 e. The standard InChI is InChI=1S/C17H24O/c1-3-14-9-10-16(12-15(14)4-2)17(18)11-13-7-5-6-8-13/h9-10,12-13H,3-8,11H2,1-2H3. The topological polar surface area (TPSA) is 17.1 Å². The van der Waals surface area contributed by atoms with E-state index < -0.39 is 0 Å². The van der Waals surface area contributed by atoms with Crippen LogP contribution in [0.1, 0.15) is 67.4 Å². The summed E-state index contributed by atoms with van der Waals surface area (Å²) >= 11 is 0. The van der Waals surface area contributed by atoms with Crippen LogP contribution in [0, 0.1) is 5.92 Å². The number of aryl methyl sites for hydroxylation is 2. The number of rotatable bonds is 5. The number of benzene rings is 1. The van der Waals surface area contributed by atoms with E-state index in [4.69, 9.17) is 0 Å². The van der Waals surface area contributed by atoms with Crippen molar-refractivity contribution >= 4 is 5.78 Å². The van der Waals surface area contributed by atoms with Gasteiger partial charge in [0, 0.05) is 12.0 Å². The van der Waals surface area contributed by atoms with Gasteiger partial charge in [0.1, 0.15) is 0 Å². The minimum Gasteiger partial charge on any atom is -0.294 e. The van der Waals surface area contributed by atoms with E-state index in [0.29, 0.717) is 11.7 Å². The first-order chi connectivity index (χ1) is 8.74. The van der Waals surface area contributed by atoms with Crippen molar-refractivity contribution in [1.29, 1.82) is 0 Å². The maximum atomic E-state index is 12.3. The van der Waals surface area contributed by atoms with Crippen molar-refractivity contribution in [3.63, 3.8) is 0 Å². The Balaban J connectivity index is 2.09. The smallest absolute Gasteiger partial charge is 0.163 e. The zero-order valence-electron chi connectivity index (χ0n) is 11.7. The summed E-state index contributed by atoms with van der Waals surface area (Å²) in [5.74, 6) is 0.993. The molecular weight excluding hydrogens is 220 g/mol. The van der Waals surface area contributed by atoms with Crippen LogP contribution in [0.4, 0.5) is 0 Å². The molecule has 1 aliphatic rings. The van der Waals surface area contributed by atoms with Crippen molar-refractivity contribution in [2.24, 2.45) is 5.92 Å². The third kappa shape index (κ3) is 3.01. The molecule has 1 aromatic rings. The van der Waals surface area contributed by atoms with Crippen LogP contribution in [0.2, 0.25) is 0 Å². The summed E-state index contributed by atoms with van der Waals surface area (Å²) in [4.78, 5) is 12.3. The normalized spacial score (nSPS) is 16.1. The fourth-order valence-corrected chi connectivity index (χ4v) is 3.07. The molecule has 0 unspecified atom stereocenters. The number of hydrogen-bond donors (Lipinski definition) is 0. The first-order valence-corrected chi connectivity index (χ1v) is 7.39. The number of Topliss-reactive ketones (excluding diaryl/α,β-unsaturated/α-hetero) is 1. The molecule has 0 amide bonds. The van der Waals surface area contributed by atoms with Gasteiger partial charge < -0.3 is 0 Å². The molecule has 0 aliphatic heterocycles. The Morgan fingerprint density at radius 3 is 2.39 bits per heavy atom. The SMILES string of the molecule is CCc1ccc(C(=O)CC2CCCC2)cc1CC. The van der Waals surface area contributed by atoms with E-state index in [0.717, 1.165) is 24.8 Å². The van der Waals surface area contributed by atoms with Gasteiger partial charge >= 0.3 is 0 Å². The Bertz CT molecular complexity index is 414. The van der Waals surface area contributed by atoms with Crippen LogP contribution < -0.4 is 0 Å². The van der Waals surface area contributed by atoms with E-state index in [1.165, 1.54) is 36.8 Å². The minimum absolute atomic E-state index is 0.347. The predicted molar refractivity (Wildman–Crippen MR) is 76.1 cm³/mol. The average Bonchev–Trinajstić information content (AvgIpc) is 2.90. The molecule has 0 bridgehead atoms. The van der Waals surface area contributed by atoms with Crippen molar-refractivity contribution in [2.45, 2.75) is 58.8 Å². The van der Waals surface area contributed by atoms with Crippen LogP contribution >= 0.6 is 0 Å². The van der Waals surface area contributed by atoms with Crippen LogP contribution in [0.15, 0.2) is 18.2 Å². The van der Waals surface area contributed by atoms with E-state index >= 15 is 0 Å². The van der Waals surface area contributed by atoms with Crippen molar-refractivity contribution in [1.82, 2.24) is 0 Å². The zero-order valence-corrected chi connectivity index (χ0v) is 11.7. The van der Waals surface area contributed by atoms with Crippen LogP contribution in [0.25, 0.3) is 0 Å². The van der Waals surface area contributed by atoms with Crippen LogP contribution in [-0.2, 0) is 12.8 Å². The molecule has 0 spiro atoms. The predicted octanol–water partition coefficient (Wildman–Crippen LogP) is 4.57. The maximum absolute atomic E-state index is 12.3. The molecule has 1 saturated carbocycles. The molecule has 0 aromatic heterocycles. The van der Waals surface area contributed by atoms with Crippen molar-refractivity contribution in [3.05, 3.63) is 34.9 Å². The van der Waals surface area contributed by atoms with Gasteiger partial charge in [-0.3, -0.25) is 4.79 Å². The van der Waals surface area contributed by atoms with Crippen LogP contribution in [0.5, 0.6) is 0 Å². The number of ketones is 1. The second kappa shape index (κ2) is 6.17. The molecule has 1 aliphatic carbocycles. The van der Waals surface area contributed by atoms with Crippen molar-refractivity contribution in [2.75, 3.05) is 0 Å². The second-order valence-electron chi connectivity index (χ2n) is 5.47. The van der Waals surface area contributed by atoms with Gasteiger partial charge in [-0.2, -0.15) is 0 Å². The lowest BCUT2D eigenvalue weighted by molar-refractivity contribution is 0.0962. The minimum atomic E-state index is 0.347.